The Morgan fingerprint density at radius 3 is 2.46 bits per heavy atom. The molecule has 3 aromatic rings. The number of aromatic nitrogens is 1. The summed E-state index contributed by atoms with van der Waals surface area (Å²) in [5, 5.41) is 1.74. The van der Waals surface area contributed by atoms with Crippen molar-refractivity contribution < 1.29 is 18.7 Å². The molecule has 1 fully saturated rings. The number of anilines is 2. The molecule has 1 aliphatic heterocycles. The molecule has 2 N–H and O–H groups in total. The fourth-order valence-corrected chi connectivity index (χ4v) is 3.45. The number of rotatable bonds is 4. The van der Waals surface area contributed by atoms with Crippen molar-refractivity contribution in [2.24, 2.45) is 0 Å². The van der Waals surface area contributed by atoms with Gasteiger partial charge in [-0.25, -0.2) is 4.98 Å². The van der Waals surface area contributed by atoms with E-state index in [1.54, 1.807) is 31.3 Å². The second-order valence-electron chi connectivity index (χ2n) is 6.55. The van der Waals surface area contributed by atoms with Crippen LogP contribution in [0.5, 0.6) is 11.5 Å². The van der Waals surface area contributed by atoms with Gasteiger partial charge in [-0.3, -0.25) is 4.79 Å². The van der Waals surface area contributed by atoms with Crippen molar-refractivity contribution >= 4 is 28.3 Å². The molecule has 0 saturated carbocycles. The Morgan fingerprint density at radius 1 is 1.11 bits per heavy atom. The fourth-order valence-electron chi connectivity index (χ4n) is 3.45. The van der Waals surface area contributed by atoms with Gasteiger partial charge in [0, 0.05) is 31.6 Å². The van der Waals surface area contributed by atoms with Crippen LogP contribution in [-0.2, 0) is 0 Å². The Hall–Kier alpha value is -3.42. The average molecular weight is 382 g/mol. The zero-order valence-corrected chi connectivity index (χ0v) is 15.8. The molecule has 0 bridgehead atoms. The van der Waals surface area contributed by atoms with E-state index < -0.39 is 0 Å². The van der Waals surface area contributed by atoms with Crippen LogP contribution < -0.4 is 20.1 Å². The number of piperazine rings is 1. The van der Waals surface area contributed by atoms with Crippen LogP contribution in [0, 0.1) is 0 Å². The van der Waals surface area contributed by atoms with Crippen molar-refractivity contribution in [2.45, 2.75) is 0 Å². The third-order valence-corrected chi connectivity index (χ3v) is 4.97. The zero-order chi connectivity index (χ0) is 19.7. The van der Waals surface area contributed by atoms with Crippen LogP contribution in [0.3, 0.4) is 0 Å². The molecule has 1 saturated heterocycles. The highest BCUT2D eigenvalue weighted by molar-refractivity contribution is 5.95. The van der Waals surface area contributed by atoms with Gasteiger partial charge in [0.15, 0.2) is 17.3 Å². The minimum atomic E-state index is -0.0903. The topological polar surface area (TPSA) is 94.1 Å². The number of carbonyl (C=O) groups excluding carboxylic acids is 1. The lowest BCUT2D eigenvalue weighted by Gasteiger charge is -2.35. The van der Waals surface area contributed by atoms with E-state index >= 15 is 0 Å². The molecule has 8 heteroatoms. The Balaban J connectivity index is 1.56. The third kappa shape index (κ3) is 3.17. The summed E-state index contributed by atoms with van der Waals surface area (Å²) in [6.07, 6.45) is 1.51. The number of ether oxygens (including phenoxy) is 2. The van der Waals surface area contributed by atoms with E-state index in [1.165, 1.54) is 6.26 Å². The number of nitrogens with two attached hydrogens (primary N) is 1. The largest absolute Gasteiger partial charge is 0.493 e. The summed E-state index contributed by atoms with van der Waals surface area (Å²) >= 11 is 0. The molecule has 0 unspecified atom stereocenters. The number of hydrogen-bond donors (Lipinski definition) is 1. The Bertz CT molecular complexity index is 995. The number of furan rings is 1. The number of pyridine rings is 1. The van der Waals surface area contributed by atoms with Crippen LogP contribution in [-0.4, -0.2) is 56.2 Å². The molecule has 146 valence electrons. The third-order valence-electron chi connectivity index (χ3n) is 4.97. The Kier molecular flexibility index (Phi) is 4.68. The summed E-state index contributed by atoms with van der Waals surface area (Å²) in [5.41, 5.74) is 6.21. The van der Waals surface area contributed by atoms with Gasteiger partial charge >= 0.3 is 0 Å². The monoisotopic (exact) mass is 382 g/mol. The minimum Gasteiger partial charge on any atom is -0.493 e. The molecular weight excluding hydrogens is 360 g/mol. The summed E-state index contributed by atoms with van der Waals surface area (Å²) in [5.74, 6) is 2.74. The van der Waals surface area contributed by atoms with Crippen LogP contribution in [0.15, 0.2) is 41.0 Å². The van der Waals surface area contributed by atoms with Gasteiger partial charge in [-0.2, -0.15) is 0 Å². The molecule has 8 nitrogen and oxygen atoms in total. The second kappa shape index (κ2) is 7.30. The first-order valence-corrected chi connectivity index (χ1v) is 9.00. The standard InChI is InChI=1S/C20H22N4O4/c1-26-16-10-13-11-18(22-19(21)14(13)12-17(16)27-2)23-5-7-24(8-6-23)20(25)15-4-3-9-28-15/h3-4,9-12H,5-8H2,1-2H3,(H2,21,22). The van der Waals surface area contributed by atoms with Crippen LogP contribution in [0.2, 0.25) is 0 Å². The summed E-state index contributed by atoms with van der Waals surface area (Å²) in [4.78, 5) is 20.9. The quantitative estimate of drug-likeness (QED) is 0.740. The SMILES string of the molecule is COc1cc2cc(N3CCN(C(=O)c4ccco4)CC3)nc(N)c2cc1OC. The molecule has 0 atom stereocenters. The maximum Gasteiger partial charge on any atom is 0.289 e. The molecule has 28 heavy (non-hydrogen) atoms. The molecule has 1 aliphatic rings. The van der Waals surface area contributed by atoms with Gasteiger partial charge in [-0.05, 0) is 35.7 Å². The lowest BCUT2D eigenvalue weighted by Crippen LogP contribution is -2.49. The van der Waals surface area contributed by atoms with Crippen LogP contribution >= 0.6 is 0 Å². The number of nitrogens with zero attached hydrogens (tertiary/aromatic N) is 3. The van der Waals surface area contributed by atoms with E-state index in [2.05, 4.69) is 9.88 Å². The number of fused-ring (bicyclic) bond motifs is 1. The molecule has 4 rings (SSSR count). The number of methoxy groups -OCH3 is 2. The summed E-state index contributed by atoms with van der Waals surface area (Å²) < 4.78 is 15.9. The predicted molar refractivity (Wildman–Crippen MR) is 106 cm³/mol. The smallest absolute Gasteiger partial charge is 0.289 e. The van der Waals surface area contributed by atoms with Crippen molar-refractivity contribution in [3.63, 3.8) is 0 Å². The highest BCUT2D eigenvalue weighted by Gasteiger charge is 2.25. The van der Waals surface area contributed by atoms with E-state index in [1.807, 2.05) is 18.2 Å². The lowest BCUT2D eigenvalue weighted by molar-refractivity contribution is 0.0714. The number of hydrogen-bond acceptors (Lipinski definition) is 7. The van der Waals surface area contributed by atoms with Gasteiger partial charge in [-0.1, -0.05) is 0 Å². The first kappa shape index (κ1) is 18.0. The highest BCUT2D eigenvalue weighted by atomic mass is 16.5. The number of benzene rings is 1. The first-order valence-electron chi connectivity index (χ1n) is 9.00. The van der Waals surface area contributed by atoms with E-state index in [0.717, 1.165) is 16.6 Å². The normalized spacial score (nSPS) is 14.4. The van der Waals surface area contributed by atoms with Gasteiger partial charge in [0.05, 0.1) is 20.5 Å². The highest BCUT2D eigenvalue weighted by Crippen LogP contribution is 2.35. The number of amides is 1. The van der Waals surface area contributed by atoms with Crippen molar-refractivity contribution in [2.75, 3.05) is 51.0 Å². The second-order valence-corrected chi connectivity index (χ2v) is 6.55. The fraction of sp³-hybridized carbons (Fsp3) is 0.300. The number of nitrogen functional groups attached to an aromatic ring is 1. The molecular formula is C20H22N4O4. The van der Waals surface area contributed by atoms with Crippen molar-refractivity contribution in [1.29, 1.82) is 0 Å². The summed E-state index contributed by atoms with van der Waals surface area (Å²) in [6, 6.07) is 9.11. The summed E-state index contributed by atoms with van der Waals surface area (Å²) in [7, 11) is 3.19. The molecule has 0 aliphatic carbocycles. The van der Waals surface area contributed by atoms with Gasteiger partial charge in [0.25, 0.3) is 5.91 Å². The Morgan fingerprint density at radius 2 is 1.82 bits per heavy atom. The van der Waals surface area contributed by atoms with Crippen molar-refractivity contribution in [3.05, 3.63) is 42.4 Å². The van der Waals surface area contributed by atoms with E-state index in [9.17, 15) is 4.79 Å². The van der Waals surface area contributed by atoms with Crippen LogP contribution in [0.1, 0.15) is 10.6 Å². The molecule has 0 spiro atoms. The van der Waals surface area contributed by atoms with Crippen LogP contribution in [0.25, 0.3) is 10.8 Å². The first-order chi connectivity index (χ1) is 13.6. The maximum atomic E-state index is 12.4. The van der Waals surface area contributed by atoms with Gasteiger partial charge in [-0.15, -0.1) is 0 Å². The number of carbonyl (C=O) groups is 1. The van der Waals surface area contributed by atoms with E-state index in [0.29, 0.717) is 49.3 Å². The molecule has 2 aromatic heterocycles. The molecule has 1 amide bonds. The zero-order valence-electron chi connectivity index (χ0n) is 15.8. The predicted octanol–water partition coefficient (Wildman–Crippen LogP) is 2.39. The molecule has 3 heterocycles. The van der Waals surface area contributed by atoms with Crippen molar-refractivity contribution in [1.82, 2.24) is 9.88 Å². The lowest BCUT2D eigenvalue weighted by atomic mass is 10.1. The minimum absolute atomic E-state index is 0.0903. The van der Waals surface area contributed by atoms with Gasteiger partial charge in [0.2, 0.25) is 0 Å². The van der Waals surface area contributed by atoms with Crippen molar-refractivity contribution in [3.8, 4) is 11.5 Å². The summed E-state index contributed by atoms with van der Waals surface area (Å²) in [6.45, 7) is 2.51. The average Bonchev–Trinajstić information content (AvgIpc) is 3.27. The maximum absolute atomic E-state index is 12.4. The molecule has 1 aromatic carbocycles. The molecule has 0 radical (unpaired) electrons. The Labute approximate surface area is 162 Å². The van der Waals surface area contributed by atoms with Gasteiger partial charge in [0.1, 0.15) is 11.6 Å². The van der Waals surface area contributed by atoms with E-state index in [4.69, 9.17) is 19.6 Å². The van der Waals surface area contributed by atoms with Gasteiger partial charge < -0.3 is 29.4 Å². The van der Waals surface area contributed by atoms with Crippen LogP contribution in [0.4, 0.5) is 11.6 Å². The van der Waals surface area contributed by atoms with E-state index in [-0.39, 0.29) is 5.91 Å².